The number of hydrogen-bond donors (Lipinski definition) is 1. The number of nitriles is 1. The molecule has 1 aromatic rings. The summed E-state index contributed by atoms with van der Waals surface area (Å²) in [6, 6.07) is 8.81. The van der Waals surface area contributed by atoms with Crippen LogP contribution >= 0.6 is 0 Å². The molecule has 0 saturated carbocycles. The lowest BCUT2D eigenvalue weighted by Crippen LogP contribution is -2.43. The van der Waals surface area contributed by atoms with Crippen LogP contribution in [0.15, 0.2) is 24.3 Å². The van der Waals surface area contributed by atoms with E-state index in [1.165, 1.54) is 0 Å². The molecule has 4 nitrogen and oxygen atoms in total. The molecular formula is C14H17N3O. The molecule has 1 fully saturated rings. The van der Waals surface area contributed by atoms with E-state index in [1.54, 1.807) is 12.1 Å². The van der Waals surface area contributed by atoms with Crippen LogP contribution in [0, 0.1) is 11.3 Å². The topological polar surface area (TPSA) is 70.1 Å². The molecule has 0 spiro atoms. The molecule has 1 saturated heterocycles. The van der Waals surface area contributed by atoms with E-state index < -0.39 is 6.04 Å². The molecule has 0 radical (unpaired) electrons. The van der Waals surface area contributed by atoms with Crippen molar-refractivity contribution in [3.05, 3.63) is 35.4 Å². The smallest absolute Gasteiger partial charge is 0.239 e. The van der Waals surface area contributed by atoms with Gasteiger partial charge < -0.3 is 10.6 Å². The third-order valence-electron chi connectivity index (χ3n) is 3.27. The predicted molar refractivity (Wildman–Crippen MR) is 68.7 cm³/mol. The zero-order valence-corrected chi connectivity index (χ0v) is 10.3. The van der Waals surface area contributed by atoms with E-state index in [2.05, 4.69) is 6.07 Å². The van der Waals surface area contributed by atoms with E-state index in [0.717, 1.165) is 31.5 Å². The maximum atomic E-state index is 12.0. The van der Waals surface area contributed by atoms with E-state index in [0.29, 0.717) is 12.0 Å². The summed E-state index contributed by atoms with van der Waals surface area (Å²) in [6.45, 7) is 1.67. The van der Waals surface area contributed by atoms with Crippen LogP contribution in [-0.2, 0) is 11.2 Å². The van der Waals surface area contributed by atoms with Gasteiger partial charge in [-0.2, -0.15) is 5.26 Å². The van der Waals surface area contributed by atoms with Gasteiger partial charge in [-0.25, -0.2) is 0 Å². The number of hydrogen-bond acceptors (Lipinski definition) is 3. The van der Waals surface area contributed by atoms with Crippen LogP contribution in [0.5, 0.6) is 0 Å². The van der Waals surface area contributed by atoms with Gasteiger partial charge in [-0.1, -0.05) is 12.1 Å². The third kappa shape index (κ3) is 2.88. The summed E-state index contributed by atoms with van der Waals surface area (Å²) in [5.41, 5.74) is 7.56. The number of nitrogens with two attached hydrogens (primary N) is 1. The highest BCUT2D eigenvalue weighted by Crippen LogP contribution is 2.11. The Balaban J connectivity index is 1.95. The molecule has 94 valence electrons. The van der Waals surface area contributed by atoms with E-state index in [4.69, 9.17) is 11.0 Å². The van der Waals surface area contributed by atoms with Crippen molar-refractivity contribution in [3.8, 4) is 6.07 Å². The van der Waals surface area contributed by atoms with Crippen molar-refractivity contribution in [3.63, 3.8) is 0 Å². The van der Waals surface area contributed by atoms with Crippen molar-refractivity contribution in [1.29, 1.82) is 5.26 Å². The highest BCUT2D eigenvalue weighted by atomic mass is 16.2. The number of carbonyl (C=O) groups excluding carboxylic acids is 1. The number of benzene rings is 1. The summed E-state index contributed by atoms with van der Waals surface area (Å²) in [7, 11) is 0. The van der Waals surface area contributed by atoms with Gasteiger partial charge in [0.25, 0.3) is 0 Å². The molecular weight excluding hydrogens is 226 g/mol. The van der Waals surface area contributed by atoms with Gasteiger partial charge in [0, 0.05) is 13.1 Å². The van der Waals surface area contributed by atoms with E-state index in [9.17, 15) is 4.79 Å². The molecule has 0 bridgehead atoms. The zero-order valence-electron chi connectivity index (χ0n) is 10.3. The average Bonchev–Trinajstić information content (AvgIpc) is 2.92. The SMILES string of the molecule is N#Cc1ccc(CC(N)C(=O)N2CCCC2)cc1. The van der Waals surface area contributed by atoms with Gasteiger partial charge >= 0.3 is 0 Å². The third-order valence-corrected chi connectivity index (χ3v) is 3.27. The predicted octanol–water partition coefficient (Wildman–Crippen LogP) is 1.05. The molecule has 2 N–H and O–H groups in total. The summed E-state index contributed by atoms with van der Waals surface area (Å²) in [5.74, 6) is 0.0388. The van der Waals surface area contributed by atoms with Crippen LogP contribution in [0.1, 0.15) is 24.0 Å². The lowest BCUT2D eigenvalue weighted by atomic mass is 10.0. The molecule has 18 heavy (non-hydrogen) atoms. The maximum absolute atomic E-state index is 12.0. The summed E-state index contributed by atoms with van der Waals surface area (Å²) in [6.07, 6.45) is 2.69. The lowest BCUT2D eigenvalue weighted by molar-refractivity contribution is -0.131. The van der Waals surface area contributed by atoms with Crippen molar-refractivity contribution < 1.29 is 4.79 Å². The fourth-order valence-electron chi connectivity index (χ4n) is 2.23. The quantitative estimate of drug-likeness (QED) is 0.862. The number of rotatable bonds is 3. The fraction of sp³-hybridized carbons (Fsp3) is 0.429. The molecule has 1 heterocycles. The van der Waals surface area contributed by atoms with Crippen molar-refractivity contribution >= 4 is 5.91 Å². The van der Waals surface area contributed by atoms with Crippen molar-refractivity contribution in [2.75, 3.05) is 13.1 Å². The van der Waals surface area contributed by atoms with Gasteiger partial charge in [0.1, 0.15) is 0 Å². The van der Waals surface area contributed by atoms with Crippen LogP contribution in [-0.4, -0.2) is 29.9 Å². The van der Waals surface area contributed by atoms with E-state index in [1.807, 2.05) is 17.0 Å². The van der Waals surface area contributed by atoms with Crippen LogP contribution in [0.4, 0.5) is 0 Å². The Kier molecular flexibility index (Phi) is 3.96. The van der Waals surface area contributed by atoms with Crippen molar-refractivity contribution in [2.24, 2.45) is 5.73 Å². The highest BCUT2D eigenvalue weighted by molar-refractivity contribution is 5.82. The minimum absolute atomic E-state index is 0.0388. The van der Waals surface area contributed by atoms with Gasteiger partial charge in [0.05, 0.1) is 17.7 Å². The largest absolute Gasteiger partial charge is 0.341 e. The van der Waals surface area contributed by atoms with Crippen molar-refractivity contribution in [2.45, 2.75) is 25.3 Å². The Hall–Kier alpha value is -1.86. The summed E-state index contributed by atoms with van der Waals surface area (Å²) < 4.78 is 0. The molecule has 1 aromatic carbocycles. The first kappa shape index (κ1) is 12.6. The second-order valence-corrected chi connectivity index (χ2v) is 4.65. The van der Waals surface area contributed by atoms with Crippen LogP contribution < -0.4 is 5.73 Å². The summed E-state index contributed by atoms with van der Waals surface area (Å²) in [4.78, 5) is 13.9. The van der Waals surface area contributed by atoms with Crippen LogP contribution in [0.2, 0.25) is 0 Å². The number of likely N-dealkylation sites (tertiary alicyclic amines) is 1. The summed E-state index contributed by atoms with van der Waals surface area (Å²) in [5, 5.41) is 8.71. The normalized spacial score (nSPS) is 16.3. The lowest BCUT2D eigenvalue weighted by Gasteiger charge is -2.20. The van der Waals surface area contributed by atoms with Gasteiger partial charge in [0.2, 0.25) is 5.91 Å². The summed E-state index contributed by atoms with van der Waals surface area (Å²) >= 11 is 0. The Bertz CT molecular complexity index is 455. The second-order valence-electron chi connectivity index (χ2n) is 4.65. The Morgan fingerprint density at radius 3 is 2.50 bits per heavy atom. The molecule has 1 aliphatic heterocycles. The molecule has 1 atom stereocenters. The van der Waals surface area contributed by atoms with Gasteiger partial charge in [-0.3, -0.25) is 4.79 Å². The van der Waals surface area contributed by atoms with Gasteiger partial charge in [0.15, 0.2) is 0 Å². The van der Waals surface area contributed by atoms with Crippen molar-refractivity contribution in [1.82, 2.24) is 4.90 Å². The maximum Gasteiger partial charge on any atom is 0.239 e. The molecule has 2 rings (SSSR count). The molecule has 0 aromatic heterocycles. The van der Waals surface area contributed by atoms with Crippen LogP contribution in [0.3, 0.4) is 0 Å². The first-order valence-electron chi connectivity index (χ1n) is 6.24. The Morgan fingerprint density at radius 1 is 1.33 bits per heavy atom. The molecule has 1 aliphatic rings. The zero-order chi connectivity index (χ0) is 13.0. The monoisotopic (exact) mass is 243 g/mol. The average molecular weight is 243 g/mol. The second kappa shape index (κ2) is 5.65. The van der Waals surface area contributed by atoms with Gasteiger partial charge in [-0.15, -0.1) is 0 Å². The minimum Gasteiger partial charge on any atom is -0.341 e. The molecule has 0 aliphatic carbocycles. The number of amides is 1. The Morgan fingerprint density at radius 2 is 1.94 bits per heavy atom. The van der Waals surface area contributed by atoms with E-state index in [-0.39, 0.29) is 5.91 Å². The standard InChI is InChI=1S/C14H17N3O/c15-10-12-5-3-11(4-6-12)9-13(16)14(18)17-7-1-2-8-17/h3-6,13H,1-2,7-9,16H2. The fourth-order valence-corrected chi connectivity index (χ4v) is 2.23. The Labute approximate surface area is 107 Å². The van der Waals surface area contributed by atoms with Crippen LogP contribution in [0.25, 0.3) is 0 Å². The molecule has 4 heteroatoms. The minimum atomic E-state index is -0.476. The first-order valence-corrected chi connectivity index (χ1v) is 6.24. The molecule has 1 amide bonds. The van der Waals surface area contributed by atoms with E-state index >= 15 is 0 Å². The number of nitrogens with zero attached hydrogens (tertiary/aromatic N) is 2. The first-order chi connectivity index (χ1) is 8.70. The number of carbonyl (C=O) groups is 1. The van der Waals surface area contributed by atoms with Gasteiger partial charge in [-0.05, 0) is 37.0 Å². The highest BCUT2D eigenvalue weighted by Gasteiger charge is 2.23. The molecule has 1 unspecified atom stereocenters.